The summed E-state index contributed by atoms with van der Waals surface area (Å²) in [6.07, 6.45) is -20.9. The molecule has 0 atom stereocenters. The molecule has 0 spiro atoms. The first-order valence-corrected chi connectivity index (χ1v) is 22.1. The summed E-state index contributed by atoms with van der Waals surface area (Å²) in [5.74, 6) is -113. The maximum Gasteiger partial charge on any atom is 0.565 e. The molecule has 0 aromatic carbocycles. The predicted molar refractivity (Wildman–Crippen MR) is 148 cm³/mol. The smallest absolute Gasteiger partial charge is 0.565 e. The first-order chi connectivity index (χ1) is 27.6. The van der Waals surface area contributed by atoms with E-state index in [1.165, 1.54) is 0 Å². The second-order valence-corrected chi connectivity index (χ2v) is 25.0. The van der Waals surface area contributed by atoms with Gasteiger partial charge in [-0.1, -0.05) is 22.2 Å². The highest BCUT2D eigenvalue weighted by molar-refractivity contribution is 7.40. The van der Waals surface area contributed by atoms with Crippen LogP contribution in [0, 0.1) is 11.1 Å². The van der Waals surface area contributed by atoms with Crippen LogP contribution in [0.1, 0.15) is 12.8 Å². The van der Waals surface area contributed by atoms with Gasteiger partial charge in [-0.15, -0.1) is 0 Å². The van der Waals surface area contributed by atoms with Gasteiger partial charge in [-0.2, -0.15) is 149 Å². The molecular weight excluding hydrogens is 1150 g/mol. The molecule has 0 amide bonds. The van der Waals surface area contributed by atoms with Crippen molar-refractivity contribution in [2.24, 2.45) is 0 Å². The molecule has 0 fully saturated rings. The number of rotatable bonds is 21. The average molecular weight is 1170 g/mol. The second kappa shape index (κ2) is 19.4. The summed E-state index contributed by atoms with van der Waals surface area (Å²) >= 11 is 14.1. The fourth-order valence-electron chi connectivity index (χ4n) is 3.88. The van der Waals surface area contributed by atoms with Crippen molar-refractivity contribution >= 4 is 37.0 Å². The number of hydrogen-bond donors (Lipinski definition) is 0. The molecule has 402 valence electrons. The lowest BCUT2D eigenvalue weighted by molar-refractivity contribution is -0.461. The van der Waals surface area contributed by atoms with E-state index in [4.69, 9.17) is 22.2 Å². The van der Waals surface area contributed by atoms with Gasteiger partial charge in [0.2, 0.25) is 0 Å². The predicted octanol–water partition coefficient (Wildman–Crippen LogP) is 13.2. The van der Waals surface area contributed by atoms with E-state index >= 15 is 0 Å². The summed E-state index contributed by atoms with van der Waals surface area (Å²) in [5, 5.41) is 0. The summed E-state index contributed by atoms with van der Waals surface area (Å²) in [5.41, 5.74) is 0. The molecule has 1 N–H and O–H groups in total. The second-order valence-electron chi connectivity index (χ2n) is 12.2. The molecular formula is C23H19Cl3F34O4Si2. The van der Waals surface area contributed by atoms with E-state index in [1.54, 1.807) is 0 Å². The van der Waals surface area contributed by atoms with Crippen molar-refractivity contribution in [3.63, 3.8) is 0 Å². The average Bonchev–Trinajstić information content (AvgIpc) is 3.09. The third-order valence-electron chi connectivity index (χ3n) is 7.98. The van der Waals surface area contributed by atoms with Crippen LogP contribution in [-0.4, -0.2) is 137 Å². The van der Waals surface area contributed by atoms with Crippen LogP contribution < -0.4 is 0 Å². The van der Waals surface area contributed by atoms with Gasteiger partial charge in [0.15, 0.2) is 0 Å². The molecule has 0 heterocycles. The normalized spacial score (nSPS) is 16.2. The quantitative estimate of drug-likeness (QED) is 0.0653. The van der Waals surface area contributed by atoms with E-state index in [0.29, 0.717) is 21.3 Å². The van der Waals surface area contributed by atoms with Crippen molar-refractivity contribution in [3.8, 4) is 0 Å². The maximum atomic E-state index is 13.8. The van der Waals surface area contributed by atoms with E-state index in [9.17, 15) is 149 Å². The first-order valence-electron chi connectivity index (χ1n) is 14.8. The molecule has 0 aliphatic rings. The van der Waals surface area contributed by atoms with Crippen LogP contribution in [0.25, 0.3) is 0 Å². The lowest BCUT2D eigenvalue weighted by atomic mass is 9.88. The molecule has 0 aliphatic carbocycles. The Kier molecular flexibility index (Phi) is 20.3. The van der Waals surface area contributed by atoms with Gasteiger partial charge in [-0.3, -0.25) is 0 Å². The Morgan fingerprint density at radius 3 is 0.652 bits per heavy atom. The monoisotopic (exact) mass is 1170 g/mol. The minimum Gasteiger partial charge on any atom is -0.870 e. The summed E-state index contributed by atoms with van der Waals surface area (Å²) in [4.78, 5) is 0. The molecule has 0 rings (SSSR count). The Morgan fingerprint density at radius 2 is 0.485 bits per heavy atom. The fourth-order valence-corrected chi connectivity index (χ4v) is 7.09. The van der Waals surface area contributed by atoms with Crippen molar-refractivity contribution in [3.05, 3.63) is 0 Å². The molecule has 0 saturated heterocycles. The molecule has 0 aliphatic heterocycles. The van der Waals surface area contributed by atoms with Crippen LogP contribution in [0.15, 0.2) is 0 Å². The van der Waals surface area contributed by atoms with Gasteiger partial charge in [-0.25, -0.2) is 0 Å². The highest BCUT2D eigenvalue weighted by Gasteiger charge is 2.97. The Morgan fingerprint density at radius 1 is 0.318 bits per heavy atom. The number of alkyl halides is 34. The summed E-state index contributed by atoms with van der Waals surface area (Å²) in [6.45, 7) is 0. The molecule has 0 aromatic heterocycles. The Bertz CT molecular complexity index is 1580. The zero-order valence-corrected chi connectivity index (χ0v) is 34.8. The highest BCUT2D eigenvalue weighted by Crippen LogP contribution is 2.66. The Balaban J connectivity index is -0.00000119. The summed E-state index contributed by atoms with van der Waals surface area (Å²) in [7, 11) is -2.36. The van der Waals surface area contributed by atoms with Crippen LogP contribution >= 0.6 is 22.2 Å². The number of hydrogen-bond acceptors (Lipinski definition) is 4. The minimum absolute atomic E-state index is 0. The van der Waals surface area contributed by atoms with E-state index in [1.807, 2.05) is 0 Å². The van der Waals surface area contributed by atoms with Crippen LogP contribution in [0.3, 0.4) is 0 Å². The van der Waals surface area contributed by atoms with Crippen LogP contribution in [-0.2, 0) is 13.3 Å². The van der Waals surface area contributed by atoms with Crippen molar-refractivity contribution in [2.45, 2.75) is 120 Å². The van der Waals surface area contributed by atoms with Crippen molar-refractivity contribution in [2.75, 3.05) is 21.3 Å². The molecule has 4 nitrogen and oxygen atoms in total. The van der Waals surface area contributed by atoms with Gasteiger partial charge in [0.05, 0.1) is 11.1 Å². The standard InChI is InChI=1S/C13H13F17O3Si.C10H5Cl3F17Si.H2O/c1-31-34(32-2,33-3)5-4-6(14,15)7(16,17)8(18,19)9(20,21)10(22,23)11(24,25)12(26,27)13(28,29)30;11-31(12,13)2-1-3(14,15)4(16,17)5(18,19)6(20,21)7(22,23)8(24,25)9(26,27)10(28,29)30;/h4-5H2,1-3H3;11H,1-2H2;1H2/q;+1;/p-1. The van der Waals surface area contributed by atoms with Gasteiger partial charge < -0.3 is 18.8 Å². The topological polar surface area (TPSA) is 57.7 Å². The van der Waals surface area contributed by atoms with Crippen LogP contribution in [0.2, 0.25) is 12.1 Å². The fraction of sp³-hybridized carbons (Fsp3) is 1.00. The van der Waals surface area contributed by atoms with Gasteiger partial charge in [0, 0.05) is 46.3 Å². The van der Waals surface area contributed by atoms with Gasteiger partial charge in [0.25, 0.3) is 0 Å². The van der Waals surface area contributed by atoms with E-state index < -0.39 is 135 Å². The zero-order chi connectivity index (χ0) is 53.9. The maximum absolute atomic E-state index is 13.8. The number of halogens is 37. The molecule has 66 heavy (non-hydrogen) atoms. The molecule has 0 bridgehead atoms. The SMILES string of the molecule is CO[Si](CCC(F)(F)C(F)(F)C(F)(F)C(F)(F)C(F)(F)C(F)(F)C(F)(F)C(F)(F)F)(OC)OC.FC(F)(F)C(F)(F)C(F)(F)C(F)(F)C(F)(F)C(F)(F)C(F)(F)C(F)(F)CC[Si](Cl)(Cl)[ClH+].[OH-]. The Hall–Kier alpha value is -1.24. The van der Waals surface area contributed by atoms with Crippen LogP contribution in [0.5, 0.6) is 0 Å². The zero-order valence-electron chi connectivity index (χ0n) is 30.5. The van der Waals surface area contributed by atoms with E-state index in [2.05, 4.69) is 24.4 Å². The molecule has 0 aromatic rings. The molecule has 0 radical (unpaired) electrons. The van der Waals surface area contributed by atoms with Crippen LogP contribution in [0.4, 0.5) is 149 Å². The highest BCUT2D eigenvalue weighted by atomic mass is 35.8. The van der Waals surface area contributed by atoms with Gasteiger partial charge in [-0.05, 0) is 0 Å². The van der Waals surface area contributed by atoms with Gasteiger partial charge in [0.1, 0.15) is 0 Å². The molecule has 43 heteroatoms. The Labute approximate surface area is 357 Å². The van der Waals surface area contributed by atoms with Crippen molar-refractivity contribution in [1.82, 2.24) is 0 Å². The van der Waals surface area contributed by atoms with Gasteiger partial charge >= 0.3 is 110 Å². The van der Waals surface area contributed by atoms with Crippen molar-refractivity contribution < 1.29 is 179 Å². The van der Waals surface area contributed by atoms with Crippen molar-refractivity contribution in [1.29, 1.82) is 0 Å². The largest absolute Gasteiger partial charge is 0.870 e. The summed E-state index contributed by atoms with van der Waals surface area (Å²) < 4.78 is 457. The molecule has 0 saturated carbocycles. The lowest BCUT2D eigenvalue weighted by Crippen LogP contribution is -2.74. The summed E-state index contributed by atoms with van der Waals surface area (Å²) in [6, 6.07) is -7.53. The third-order valence-corrected chi connectivity index (χ3v) is 13.3. The third kappa shape index (κ3) is 11.0. The minimum atomic E-state index is -8.65. The molecule has 0 unspecified atom stereocenters. The van der Waals surface area contributed by atoms with E-state index in [-0.39, 0.29) is 5.48 Å². The van der Waals surface area contributed by atoms with E-state index in [0.717, 1.165) is 0 Å². The first kappa shape index (κ1) is 69.0. The lowest BCUT2D eigenvalue weighted by Gasteiger charge is -2.43.